The highest BCUT2D eigenvalue weighted by molar-refractivity contribution is 7.98. The summed E-state index contributed by atoms with van der Waals surface area (Å²) in [7, 11) is -7.81. The number of anilines is 2. The van der Waals surface area contributed by atoms with Gasteiger partial charge in [-0.2, -0.15) is 0 Å². The zero-order chi connectivity index (χ0) is 39.2. The van der Waals surface area contributed by atoms with E-state index in [2.05, 4.69) is 40.4 Å². The summed E-state index contributed by atoms with van der Waals surface area (Å²) in [6, 6.07) is 20.3. The number of benzene rings is 3. The van der Waals surface area contributed by atoms with E-state index in [0.29, 0.717) is 57.6 Å². The first-order chi connectivity index (χ1) is 26.8. The summed E-state index contributed by atoms with van der Waals surface area (Å²) < 4.78 is 72.1. The zero-order valence-electron chi connectivity index (χ0n) is 30.1. The van der Waals surface area contributed by atoms with Crippen molar-refractivity contribution in [3.63, 3.8) is 0 Å². The molecule has 0 radical (unpaired) electrons. The first kappa shape index (κ1) is 36.6. The van der Waals surface area contributed by atoms with Crippen LogP contribution in [0.2, 0.25) is 0 Å². The second-order valence-corrected chi connectivity index (χ2v) is 17.0. The summed E-state index contributed by atoms with van der Waals surface area (Å²) in [4.78, 5) is 4.96. The smallest absolute Gasteiger partial charge is 0.264 e. The largest absolute Gasteiger partial charge is 0.337 e. The first-order valence-electron chi connectivity index (χ1n) is 16.9. The number of sulfonamides is 2. The fraction of sp³-hybridized carbons (Fsp3) is 0.171. The summed E-state index contributed by atoms with van der Waals surface area (Å²) in [6.07, 6.45) is 3.55. The number of rotatable bonds is 13. The molecule has 0 saturated carbocycles. The van der Waals surface area contributed by atoms with E-state index < -0.39 is 20.0 Å². The Labute approximate surface area is 324 Å². The van der Waals surface area contributed by atoms with Gasteiger partial charge in [-0.25, -0.2) is 40.6 Å². The number of hydrogen-bond acceptors (Lipinski definition) is 14. The maximum Gasteiger partial charge on any atom is 0.264 e. The number of aryl methyl sites for hydroxylation is 2. The molecule has 0 bridgehead atoms. The Bertz CT molecular complexity index is 2930. The van der Waals surface area contributed by atoms with Crippen molar-refractivity contribution in [2.45, 2.75) is 54.9 Å². The fourth-order valence-corrected chi connectivity index (χ4v) is 8.53. The first-order valence-corrected chi connectivity index (χ1v) is 20.8. The van der Waals surface area contributed by atoms with E-state index in [1.54, 1.807) is 73.7 Å². The van der Waals surface area contributed by atoms with Crippen LogP contribution in [0, 0.1) is 27.7 Å². The van der Waals surface area contributed by atoms with Crippen LogP contribution in [0.5, 0.6) is 0 Å². The molecule has 5 aromatic heterocycles. The number of para-hydroxylation sites is 2. The average molecular weight is 813 g/mol. The second-order valence-electron chi connectivity index (χ2n) is 12.7. The van der Waals surface area contributed by atoms with Crippen molar-refractivity contribution >= 4 is 54.6 Å². The quantitative estimate of drug-likeness (QED) is 0.140. The predicted molar refractivity (Wildman–Crippen MR) is 205 cm³/mol. The van der Waals surface area contributed by atoms with Crippen LogP contribution >= 0.6 is 11.8 Å². The maximum atomic E-state index is 13.0. The lowest BCUT2D eigenvalue weighted by Crippen LogP contribution is -2.13. The minimum absolute atomic E-state index is 0.0489. The highest BCUT2D eigenvalue weighted by atomic mass is 32.2. The number of thioether (sulfide) groups is 1. The molecule has 0 aliphatic rings. The monoisotopic (exact) mass is 812 g/mol. The lowest BCUT2D eigenvalue weighted by molar-refractivity contribution is 0.430. The minimum Gasteiger partial charge on any atom is -0.337 e. The van der Waals surface area contributed by atoms with Crippen LogP contribution in [-0.2, 0) is 32.3 Å². The summed E-state index contributed by atoms with van der Waals surface area (Å²) in [5.74, 6) is 0.597. The van der Waals surface area contributed by atoms with E-state index in [1.165, 1.54) is 36.0 Å². The third-order valence-corrected chi connectivity index (χ3v) is 12.7. The van der Waals surface area contributed by atoms with Gasteiger partial charge in [0.1, 0.15) is 5.69 Å². The molecule has 18 nitrogen and oxygen atoms in total. The molecule has 8 rings (SSSR count). The Kier molecular flexibility index (Phi) is 9.42. The molecule has 0 unspecified atom stereocenters. The van der Waals surface area contributed by atoms with Gasteiger partial charge in [0.15, 0.2) is 5.16 Å². The standard InChI is InChI=1S/C35H32N12O6S3/c1-21-23(3)39-52-33(21)41-55(48,49)29-13-9-27(10-14-29)46-18-25(37-43-46)17-45-32-8-6-5-7-31(32)36-35(45)54-20-26-19-47(44-38-26)28-11-15-30(16-12-28)56(50,51)42-34-22(2)24(4)40-53-34/h5-16,18-19,41-42H,17,20H2,1-4H3. The highest BCUT2D eigenvalue weighted by Crippen LogP contribution is 2.28. The maximum absolute atomic E-state index is 13.0. The van der Waals surface area contributed by atoms with Crippen molar-refractivity contribution in [2.24, 2.45) is 0 Å². The number of hydrogen-bond donors (Lipinski definition) is 2. The van der Waals surface area contributed by atoms with E-state index in [4.69, 9.17) is 14.0 Å². The van der Waals surface area contributed by atoms with Crippen LogP contribution < -0.4 is 9.44 Å². The van der Waals surface area contributed by atoms with Gasteiger partial charge in [-0.1, -0.05) is 44.6 Å². The van der Waals surface area contributed by atoms with E-state index in [1.807, 2.05) is 28.8 Å². The van der Waals surface area contributed by atoms with Gasteiger partial charge in [-0.15, -0.1) is 10.2 Å². The molecule has 0 fully saturated rings. The molecule has 0 spiro atoms. The number of aromatic nitrogens is 10. The molecule has 8 aromatic rings. The summed E-state index contributed by atoms with van der Waals surface area (Å²) in [5, 5.41) is 25.6. The third kappa shape index (κ3) is 7.25. The highest BCUT2D eigenvalue weighted by Gasteiger charge is 2.21. The van der Waals surface area contributed by atoms with Crippen molar-refractivity contribution in [1.29, 1.82) is 0 Å². The molecular formula is C35H32N12O6S3. The molecular weight excluding hydrogens is 781 g/mol. The van der Waals surface area contributed by atoms with E-state index in [0.717, 1.165) is 16.2 Å². The molecule has 0 atom stereocenters. The Morgan fingerprint density at radius 1 is 0.661 bits per heavy atom. The average Bonchev–Trinajstić information content (AvgIpc) is 4.04. The lowest BCUT2D eigenvalue weighted by Gasteiger charge is -2.07. The van der Waals surface area contributed by atoms with Gasteiger partial charge in [0.25, 0.3) is 20.0 Å². The Morgan fingerprint density at radius 3 is 1.68 bits per heavy atom. The van der Waals surface area contributed by atoms with Crippen molar-refractivity contribution in [1.82, 2.24) is 49.9 Å². The number of nitrogens with zero attached hydrogens (tertiary/aromatic N) is 10. The van der Waals surface area contributed by atoms with Crippen LogP contribution in [0.15, 0.2) is 109 Å². The van der Waals surface area contributed by atoms with Gasteiger partial charge in [0.2, 0.25) is 11.8 Å². The molecule has 3 aromatic carbocycles. The number of nitrogens with one attached hydrogen (secondary N) is 2. The fourth-order valence-electron chi connectivity index (χ4n) is 5.54. The van der Waals surface area contributed by atoms with Gasteiger partial charge < -0.3 is 13.6 Å². The van der Waals surface area contributed by atoms with Gasteiger partial charge in [0, 0.05) is 16.9 Å². The predicted octanol–water partition coefficient (Wildman–Crippen LogP) is 5.35. The van der Waals surface area contributed by atoms with E-state index in [-0.39, 0.29) is 21.6 Å². The molecule has 5 heterocycles. The topological polar surface area (TPSA) is 224 Å². The normalized spacial score (nSPS) is 12.1. The van der Waals surface area contributed by atoms with Crippen LogP contribution in [-0.4, -0.2) is 66.7 Å². The molecule has 0 amide bonds. The Hall–Kier alpha value is -6.32. The van der Waals surface area contributed by atoms with Crippen LogP contribution in [0.25, 0.3) is 22.4 Å². The lowest BCUT2D eigenvalue weighted by atomic mass is 10.3. The SMILES string of the molecule is Cc1noc(NS(=O)(=O)c2ccc(-n3cc(CSc4nc5ccccc5n4Cc4cn(-c5ccc(S(=O)(=O)Nc6onc(C)c6C)cc5)nn4)nn3)cc2)c1C. The van der Waals surface area contributed by atoms with Crippen molar-refractivity contribution in [3.05, 3.63) is 119 Å². The van der Waals surface area contributed by atoms with Crippen LogP contribution in [0.4, 0.5) is 11.8 Å². The Balaban J connectivity index is 0.947. The molecule has 286 valence electrons. The zero-order valence-corrected chi connectivity index (χ0v) is 32.6. The molecule has 0 saturated heterocycles. The summed E-state index contributed by atoms with van der Waals surface area (Å²) >= 11 is 1.48. The number of imidazole rings is 1. The van der Waals surface area contributed by atoms with Crippen molar-refractivity contribution in [3.8, 4) is 11.4 Å². The molecule has 0 aliphatic heterocycles. The van der Waals surface area contributed by atoms with Gasteiger partial charge in [0.05, 0.1) is 68.2 Å². The minimum atomic E-state index is -3.91. The van der Waals surface area contributed by atoms with E-state index in [9.17, 15) is 16.8 Å². The van der Waals surface area contributed by atoms with Gasteiger partial charge >= 0.3 is 0 Å². The third-order valence-electron chi connectivity index (χ3n) is 8.96. The van der Waals surface area contributed by atoms with Crippen LogP contribution in [0.1, 0.15) is 33.9 Å². The Morgan fingerprint density at radius 2 is 1.16 bits per heavy atom. The van der Waals surface area contributed by atoms with E-state index >= 15 is 0 Å². The summed E-state index contributed by atoms with van der Waals surface area (Å²) in [5.41, 5.74) is 6.72. The summed E-state index contributed by atoms with van der Waals surface area (Å²) in [6.45, 7) is 7.27. The van der Waals surface area contributed by atoms with Crippen molar-refractivity contribution in [2.75, 3.05) is 9.44 Å². The van der Waals surface area contributed by atoms with Gasteiger partial charge in [-0.05, 0) is 88.4 Å². The number of fused-ring (bicyclic) bond motifs is 1. The van der Waals surface area contributed by atoms with Gasteiger partial charge in [-0.3, -0.25) is 0 Å². The second kappa shape index (κ2) is 14.4. The van der Waals surface area contributed by atoms with Crippen LogP contribution in [0.3, 0.4) is 0 Å². The molecule has 0 aliphatic carbocycles. The molecule has 2 N–H and O–H groups in total. The molecule has 56 heavy (non-hydrogen) atoms. The molecule has 21 heteroatoms. The van der Waals surface area contributed by atoms with Crippen molar-refractivity contribution < 1.29 is 25.9 Å².